The van der Waals surface area contributed by atoms with E-state index in [1.165, 1.54) is 13.3 Å². The number of aliphatic carboxylic acids is 1. The van der Waals surface area contributed by atoms with Crippen LogP contribution in [0.3, 0.4) is 0 Å². The summed E-state index contributed by atoms with van der Waals surface area (Å²) in [5.41, 5.74) is -0.292. The normalized spacial score (nSPS) is 16.3. The maximum atomic E-state index is 13.8. The first-order valence-electron chi connectivity index (χ1n) is 12.7. The number of carboxylic acid groups (broad SMARTS) is 1. The van der Waals surface area contributed by atoms with Crippen molar-refractivity contribution in [2.75, 3.05) is 38.6 Å². The van der Waals surface area contributed by atoms with Gasteiger partial charge >= 0.3 is 5.97 Å². The van der Waals surface area contributed by atoms with Gasteiger partial charge in [-0.25, -0.2) is 17.6 Å². The molecule has 0 bridgehead atoms. The number of nitrogens with zero attached hydrogens (tertiary/aromatic N) is 2. The smallest absolute Gasteiger partial charge is 0.309 e. The number of halogens is 4. The third-order valence-electron chi connectivity index (χ3n) is 7.58. The van der Waals surface area contributed by atoms with Crippen LogP contribution in [0.2, 0.25) is 0 Å². The second-order valence-corrected chi connectivity index (χ2v) is 9.87. The van der Waals surface area contributed by atoms with Gasteiger partial charge in [-0.15, -0.1) is 0 Å². The number of aliphatic hydroxyl groups excluding tert-OH is 1. The van der Waals surface area contributed by atoms with Crippen LogP contribution in [-0.4, -0.2) is 59.4 Å². The Bertz CT molecular complexity index is 1300. The summed E-state index contributed by atoms with van der Waals surface area (Å²) in [5.74, 6) is -3.48. The second-order valence-electron chi connectivity index (χ2n) is 9.87. The van der Waals surface area contributed by atoms with Crippen molar-refractivity contribution in [3.63, 3.8) is 0 Å². The molecule has 1 aliphatic rings. The van der Waals surface area contributed by atoms with Crippen molar-refractivity contribution in [3.05, 3.63) is 65.1 Å². The lowest BCUT2D eigenvalue weighted by molar-refractivity contribution is -0.153. The van der Waals surface area contributed by atoms with Crippen LogP contribution < -0.4 is 10.1 Å². The average Bonchev–Trinajstić information content (AvgIpc) is 2.92. The summed E-state index contributed by atoms with van der Waals surface area (Å²) in [6, 6.07) is 6.32. The molecule has 2 aromatic carbocycles. The maximum Gasteiger partial charge on any atom is 0.309 e. The summed E-state index contributed by atoms with van der Waals surface area (Å²) in [5, 5.41) is 24.4. The summed E-state index contributed by atoms with van der Waals surface area (Å²) in [7, 11) is 1.50. The van der Waals surface area contributed by atoms with E-state index in [0.29, 0.717) is 66.8 Å². The van der Waals surface area contributed by atoms with Crippen LogP contribution in [-0.2, 0) is 11.5 Å². The van der Waals surface area contributed by atoms with Gasteiger partial charge in [0.05, 0.1) is 24.1 Å². The zero-order valence-electron chi connectivity index (χ0n) is 21.5. The van der Waals surface area contributed by atoms with Gasteiger partial charge in [0.15, 0.2) is 11.6 Å². The number of alkyl halides is 1. The average molecular weight is 550 g/mol. The number of nitrogens with one attached hydrogen (secondary N) is 1. The minimum absolute atomic E-state index is 0.111. The molecular formula is C28H31F4N3O4. The molecule has 4 rings (SSSR count). The van der Waals surface area contributed by atoms with E-state index in [4.69, 9.17) is 4.74 Å². The molecular weight excluding hydrogens is 518 g/mol. The maximum absolute atomic E-state index is 13.8. The molecule has 1 aliphatic heterocycles. The van der Waals surface area contributed by atoms with Crippen LogP contribution in [0.1, 0.15) is 42.9 Å². The Morgan fingerprint density at radius 2 is 1.87 bits per heavy atom. The lowest BCUT2D eigenvalue weighted by Gasteiger charge is -2.39. The summed E-state index contributed by atoms with van der Waals surface area (Å²) in [6.45, 7) is 0.626. The molecule has 1 atom stereocenters. The number of aliphatic hydroxyl groups is 1. The predicted molar refractivity (Wildman–Crippen MR) is 138 cm³/mol. The highest BCUT2D eigenvalue weighted by Crippen LogP contribution is 2.40. The van der Waals surface area contributed by atoms with E-state index in [2.05, 4.69) is 10.3 Å². The Balaban J connectivity index is 1.39. The molecule has 2 heterocycles. The number of pyridine rings is 1. The monoisotopic (exact) mass is 549 g/mol. The number of aromatic nitrogens is 1. The van der Waals surface area contributed by atoms with Gasteiger partial charge < -0.3 is 25.2 Å². The third-order valence-corrected chi connectivity index (χ3v) is 7.58. The number of piperidine rings is 1. The SMILES string of the molecule is COc1ccc2ncc(CF)c([C@H](O)CCC3(C(=O)O)CCN(CCNc4c(F)cc(F)cc4F)CC3)c2c1. The van der Waals surface area contributed by atoms with Crippen molar-refractivity contribution in [1.29, 1.82) is 0 Å². The molecule has 0 unspecified atom stereocenters. The van der Waals surface area contributed by atoms with Gasteiger partial charge in [0.2, 0.25) is 0 Å². The van der Waals surface area contributed by atoms with E-state index in [9.17, 15) is 32.6 Å². The Morgan fingerprint density at radius 1 is 1.18 bits per heavy atom. The highest BCUT2D eigenvalue weighted by Gasteiger charge is 2.41. The van der Waals surface area contributed by atoms with Crippen molar-refractivity contribution in [2.45, 2.75) is 38.5 Å². The number of carbonyl (C=O) groups is 1. The number of carboxylic acids is 1. The quantitative estimate of drug-likeness (QED) is 0.282. The molecule has 0 saturated carbocycles. The Labute approximate surface area is 223 Å². The van der Waals surface area contributed by atoms with Crippen LogP contribution in [0.4, 0.5) is 23.2 Å². The molecule has 1 saturated heterocycles. The number of methoxy groups -OCH3 is 1. The van der Waals surface area contributed by atoms with Crippen molar-refractivity contribution in [1.82, 2.24) is 9.88 Å². The highest BCUT2D eigenvalue weighted by molar-refractivity contribution is 5.85. The van der Waals surface area contributed by atoms with E-state index < -0.39 is 47.3 Å². The van der Waals surface area contributed by atoms with Crippen molar-refractivity contribution >= 4 is 22.6 Å². The van der Waals surface area contributed by atoms with Crippen LogP contribution in [0.15, 0.2) is 36.5 Å². The molecule has 1 fully saturated rings. The molecule has 210 valence electrons. The number of rotatable bonds is 11. The zero-order chi connectivity index (χ0) is 28.2. The predicted octanol–water partition coefficient (Wildman–Crippen LogP) is 5.22. The number of hydrogen-bond donors (Lipinski definition) is 3. The first-order valence-corrected chi connectivity index (χ1v) is 12.7. The molecule has 3 N–H and O–H groups in total. The molecule has 0 spiro atoms. The summed E-state index contributed by atoms with van der Waals surface area (Å²) in [4.78, 5) is 18.6. The fourth-order valence-electron chi connectivity index (χ4n) is 5.24. The molecule has 1 aromatic heterocycles. The van der Waals surface area contributed by atoms with Gasteiger partial charge in [0, 0.05) is 42.4 Å². The van der Waals surface area contributed by atoms with Crippen molar-refractivity contribution < 1.29 is 37.3 Å². The summed E-state index contributed by atoms with van der Waals surface area (Å²) >= 11 is 0. The lowest BCUT2D eigenvalue weighted by atomic mass is 9.74. The van der Waals surface area contributed by atoms with Gasteiger partial charge in [-0.1, -0.05) is 0 Å². The molecule has 0 radical (unpaired) electrons. The minimum atomic E-state index is -1.10. The van der Waals surface area contributed by atoms with E-state index in [1.54, 1.807) is 18.2 Å². The van der Waals surface area contributed by atoms with Gasteiger partial charge in [0.25, 0.3) is 0 Å². The lowest BCUT2D eigenvalue weighted by Crippen LogP contribution is -2.45. The molecule has 7 nitrogen and oxygen atoms in total. The van der Waals surface area contributed by atoms with Crippen LogP contribution in [0, 0.1) is 22.9 Å². The Kier molecular flexibility index (Phi) is 8.91. The number of anilines is 1. The molecule has 0 aliphatic carbocycles. The van der Waals surface area contributed by atoms with Gasteiger partial charge in [-0.05, 0) is 62.5 Å². The van der Waals surface area contributed by atoms with Crippen molar-refractivity contribution in [3.8, 4) is 5.75 Å². The standard InChI is InChI=1S/C28H31F4N3O4/c1-39-19-2-3-23-20(14-19)25(17(15-29)16-34-23)24(36)4-5-28(27(37)38)6-9-35(10-7-28)11-8-33-26-21(31)12-18(30)13-22(26)32/h2-3,12-14,16,24,33,36H,4-11,15H2,1H3,(H,37,38)/t24-/m1/s1. The van der Waals surface area contributed by atoms with Crippen molar-refractivity contribution in [2.24, 2.45) is 5.41 Å². The molecule has 0 amide bonds. The van der Waals surface area contributed by atoms with E-state index in [0.717, 1.165) is 0 Å². The van der Waals surface area contributed by atoms with Gasteiger partial charge in [0.1, 0.15) is 23.9 Å². The van der Waals surface area contributed by atoms with Crippen LogP contribution in [0.25, 0.3) is 10.9 Å². The summed E-state index contributed by atoms with van der Waals surface area (Å²) < 4.78 is 59.9. The Hall–Kier alpha value is -3.44. The van der Waals surface area contributed by atoms with Gasteiger partial charge in [-0.3, -0.25) is 9.78 Å². The summed E-state index contributed by atoms with van der Waals surface area (Å²) in [6.07, 6.45) is 1.20. The molecule has 3 aromatic rings. The molecule has 11 heteroatoms. The minimum Gasteiger partial charge on any atom is -0.497 e. The van der Waals surface area contributed by atoms with Crippen LogP contribution in [0.5, 0.6) is 5.75 Å². The number of likely N-dealkylation sites (tertiary alicyclic amines) is 1. The zero-order valence-corrected chi connectivity index (χ0v) is 21.5. The first kappa shape index (κ1) is 28.6. The Morgan fingerprint density at radius 3 is 2.49 bits per heavy atom. The third kappa shape index (κ3) is 6.25. The van der Waals surface area contributed by atoms with E-state index in [-0.39, 0.29) is 24.9 Å². The van der Waals surface area contributed by atoms with E-state index in [1.807, 2.05) is 4.90 Å². The first-order chi connectivity index (χ1) is 18.7. The second kappa shape index (κ2) is 12.2. The van der Waals surface area contributed by atoms with Gasteiger partial charge in [-0.2, -0.15) is 0 Å². The fourth-order valence-corrected chi connectivity index (χ4v) is 5.24. The van der Waals surface area contributed by atoms with Crippen LogP contribution >= 0.6 is 0 Å². The number of hydrogen-bond acceptors (Lipinski definition) is 6. The number of ether oxygens (including phenoxy) is 1. The highest BCUT2D eigenvalue weighted by atomic mass is 19.1. The number of fused-ring (bicyclic) bond motifs is 1. The fraction of sp³-hybridized carbons (Fsp3) is 0.429. The molecule has 39 heavy (non-hydrogen) atoms. The number of benzene rings is 2. The van der Waals surface area contributed by atoms with E-state index >= 15 is 0 Å². The largest absolute Gasteiger partial charge is 0.497 e. The topological polar surface area (TPSA) is 94.9 Å².